The fourth-order valence-electron chi connectivity index (χ4n) is 3.13. The van der Waals surface area contributed by atoms with Gasteiger partial charge in [0.25, 0.3) is 0 Å². The number of hydrogen-bond donors (Lipinski definition) is 1. The summed E-state index contributed by atoms with van der Waals surface area (Å²) < 4.78 is 2.01. The van der Waals surface area contributed by atoms with E-state index in [0.29, 0.717) is 0 Å². The smallest absolute Gasteiger partial charge is 0.0492 e. The van der Waals surface area contributed by atoms with Crippen molar-refractivity contribution >= 4 is 0 Å². The summed E-state index contributed by atoms with van der Waals surface area (Å²) in [7, 11) is 2.04. The predicted octanol–water partition coefficient (Wildman–Crippen LogP) is 2.91. The first-order valence-corrected chi connectivity index (χ1v) is 7.51. The average Bonchev–Trinajstić information content (AvgIpc) is 2.80. The SMILES string of the molecule is CCCNC1CCCCC1CCc1ccnn1C. The Kier molecular flexibility index (Phi) is 5.24. The summed E-state index contributed by atoms with van der Waals surface area (Å²) in [6, 6.07) is 2.91. The normalized spacial score (nSPS) is 24.3. The molecule has 1 N–H and O–H groups in total. The maximum Gasteiger partial charge on any atom is 0.0492 e. The van der Waals surface area contributed by atoms with E-state index in [0.717, 1.165) is 12.0 Å². The van der Waals surface area contributed by atoms with E-state index in [1.807, 2.05) is 17.9 Å². The minimum Gasteiger partial charge on any atom is -0.314 e. The van der Waals surface area contributed by atoms with Gasteiger partial charge >= 0.3 is 0 Å². The second-order valence-corrected chi connectivity index (χ2v) is 5.59. The Morgan fingerprint density at radius 2 is 2.22 bits per heavy atom. The molecular weight excluding hydrogens is 222 g/mol. The average molecular weight is 249 g/mol. The Hall–Kier alpha value is -0.830. The first-order valence-electron chi connectivity index (χ1n) is 7.51. The third-order valence-electron chi connectivity index (χ3n) is 4.26. The second kappa shape index (κ2) is 6.93. The van der Waals surface area contributed by atoms with Gasteiger partial charge in [0.2, 0.25) is 0 Å². The van der Waals surface area contributed by atoms with Gasteiger partial charge in [-0.25, -0.2) is 0 Å². The number of nitrogens with zero attached hydrogens (tertiary/aromatic N) is 2. The van der Waals surface area contributed by atoms with Crippen molar-refractivity contribution in [3.63, 3.8) is 0 Å². The van der Waals surface area contributed by atoms with Gasteiger partial charge in [0, 0.05) is 25.0 Å². The van der Waals surface area contributed by atoms with Crippen LogP contribution in [0.1, 0.15) is 51.1 Å². The van der Waals surface area contributed by atoms with Crippen molar-refractivity contribution in [2.45, 2.75) is 57.9 Å². The van der Waals surface area contributed by atoms with Crippen LogP contribution >= 0.6 is 0 Å². The van der Waals surface area contributed by atoms with Gasteiger partial charge in [-0.05, 0) is 50.6 Å². The number of aromatic nitrogens is 2. The standard InChI is InChI=1S/C15H27N3/c1-3-11-16-15-7-5-4-6-13(15)8-9-14-10-12-17-18(14)2/h10,12-13,15-16H,3-9,11H2,1-2H3. The number of hydrogen-bond acceptors (Lipinski definition) is 2. The molecule has 1 heterocycles. The van der Waals surface area contributed by atoms with Crippen LogP contribution in [-0.2, 0) is 13.5 Å². The van der Waals surface area contributed by atoms with Crippen LogP contribution in [0.2, 0.25) is 0 Å². The fraction of sp³-hybridized carbons (Fsp3) is 0.800. The van der Waals surface area contributed by atoms with Crippen molar-refractivity contribution in [1.82, 2.24) is 15.1 Å². The van der Waals surface area contributed by atoms with Crippen molar-refractivity contribution in [3.05, 3.63) is 18.0 Å². The minimum absolute atomic E-state index is 0.756. The first-order chi connectivity index (χ1) is 8.81. The lowest BCUT2D eigenvalue weighted by molar-refractivity contribution is 0.249. The molecule has 0 radical (unpaired) electrons. The zero-order valence-corrected chi connectivity index (χ0v) is 11.9. The zero-order chi connectivity index (χ0) is 12.8. The van der Waals surface area contributed by atoms with E-state index in [9.17, 15) is 0 Å². The third kappa shape index (κ3) is 3.58. The van der Waals surface area contributed by atoms with E-state index in [4.69, 9.17) is 0 Å². The molecule has 1 fully saturated rings. The quantitative estimate of drug-likeness (QED) is 0.840. The van der Waals surface area contributed by atoms with Crippen molar-refractivity contribution in [2.75, 3.05) is 6.54 Å². The van der Waals surface area contributed by atoms with Crippen LogP contribution in [0.15, 0.2) is 12.3 Å². The van der Waals surface area contributed by atoms with Gasteiger partial charge in [-0.15, -0.1) is 0 Å². The molecule has 1 aliphatic rings. The van der Waals surface area contributed by atoms with Crippen LogP contribution in [0.4, 0.5) is 0 Å². The van der Waals surface area contributed by atoms with E-state index >= 15 is 0 Å². The van der Waals surface area contributed by atoms with Gasteiger partial charge in [0.15, 0.2) is 0 Å². The van der Waals surface area contributed by atoms with Gasteiger partial charge < -0.3 is 5.32 Å². The van der Waals surface area contributed by atoms with Crippen LogP contribution < -0.4 is 5.32 Å². The molecule has 1 aliphatic carbocycles. The van der Waals surface area contributed by atoms with Crippen LogP contribution in [0.25, 0.3) is 0 Å². The summed E-state index contributed by atoms with van der Waals surface area (Å²) in [6.45, 7) is 3.42. The molecule has 1 aromatic rings. The molecule has 0 aliphatic heterocycles. The molecule has 18 heavy (non-hydrogen) atoms. The largest absolute Gasteiger partial charge is 0.314 e. The third-order valence-corrected chi connectivity index (χ3v) is 4.26. The molecule has 1 aromatic heterocycles. The highest BCUT2D eigenvalue weighted by Crippen LogP contribution is 2.28. The van der Waals surface area contributed by atoms with Gasteiger partial charge in [-0.1, -0.05) is 19.8 Å². The van der Waals surface area contributed by atoms with E-state index in [1.165, 1.54) is 57.2 Å². The maximum atomic E-state index is 4.25. The lowest BCUT2D eigenvalue weighted by Crippen LogP contribution is -2.39. The monoisotopic (exact) mass is 249 g/mol. The topological polar surface area (TPSA) is 29.9 Å². The fourth-order valence-corrected chi connectivity index (χ4v) is 3.13. The van der Waals surface area contributed by atoms with Crippen molar-refractivity contribution < 1.29 is 0 Å². The summed E-state index contributed by atoms with van der Waals surface area (Å²) >= 11 is 0. The minimum atomic E-state index is 0.756. The molecule has 3 heteroatoms. The molecule has 3 nitrogen and oxygen atoms in total. The molecule has 0 saturated heterocycles. The molecule has 102 valence electrons. The van der Waals surface area contributed by atoms with Gasteiger partial charge in [-0.2, -0.15) is 5.10 Å². The molecular formula is C15H27N3. The Morgan fingerprint density at radius 3 is 2.94 bits per heavy atom. The van der Waals surface area contributed by atoms with Gasteiger partial charge in [0.05, 0.1) is 0 Å². The molecule has 2 rings (SSSR count). The lowest BCUT2D eigenvalue weighted by atomic mass is 9.81. The molecule has 0 spiro atoms. The first kappa shape index (κ1) is 13.6. The van der Waals surface area contributed by atoms with E-state index in [1.54, 1.807) is 0 Å². The van der Waals surface area contributed by atoms with E-state index in [-0.39, 0.29) is 0 Å². The molecule has 2 atom stereocenters. The Labute approximate surface area is 111 Å². The Bertz CT molecular complexity index is 345. The maximum absolute atomic E-state index is 4.25. The second-order valence-electron chi connectivity index (χ2n) is 5.59. The highest BCUT2D eigenvalue weighted by atomic mass is 15.2. The van der Waals surface area contributed by atoms with Gasteiger partial charge in [-0.3, -0.25) is 4.68 Å². The van der Waals surface area contributed by atoms with Crippen LogP contribution in [-0.4, -0.2) is 22.4 Å². The van der Waals surface area contributed by atoms with Crippen LogP contribution in [0.3, 0.4) is 0 Å². The predicted molar refractivity (Wildman–Crippen MR) is 75.6 cm³/mol. The summed E-state index contributed by atoms with van der Waals surface area (Å²) in [4.78, 5) is 0. The number of aryl methyl sites for hydroxylation is 2. The molecule has 0 amide bonds. The van der Waals surface area contributed by atoms with Crippen LogP contribution in [0.5, 0.6) is 0 Å². The molecule has 1 saturated carbocycles. The zero-order valence-electron chi connectivity index (χ0n) is 11.9. The number of nitrogens with one attached hydrogen (secondary N) is 1. The Balaban J connectivity index is 1.83. The molecule has 0 aromatic carbocycles. The van der Waals surface area contributed by atoms with E-state index in [2.05, 4.69) is 23.4 Å². The van der Waals surface area contributed by atoms with Crippen molar-refractivity contribution in [3.8, 4) is 0 Å². The summed E-state index contributed by atoms with van der Waals surface area (Å²) in [6.07, 6.45) is 11.2. The number of rotatable bonds is 6. The molecule has 2 unspecified atom stereocenters. The Morgan fingerprint density at radius 1 is 1.39 bits per heavy atom. The summed E-state index contributed by atoms with van der Waals surface area (Å²) in [5, 5.41) is 7.99. The van der Waals surface area contributed by atoms with Crippen molar-refractivity contribution in [1.29, 1.82) is 0 Å². The highest BCUT2D eigenvalue weighted by molar-refractivity contribution is 5.00. The van der Waals surface area contributed by atoms with E-state index < -0.39 is 0 Å². The summed E-state index contributed by atoms with van der Waals surface area (Å²) in [5.41, 5.74) is 1.37. The molecule has 0 bridgehead atoms. The van der Waals surface area contributed by atoms with Gasteiger partial charge in [0.1, 0.15) is 0 Å². The lowest BCUT2D eigenvalue weighted by Gasteiger charge is -2.32. The van der Waals surface area contributed by atoms with Crippen molar-refractivity contribution in [2.24, 2.45) is 13.0 Å². The van der Waals surface area contributed by atoms with Crippen LogP contribution in [0, 0.1) is 5.92 Å². The summed E-state index contributed by atoms with van der Waals surface area (Å²) in [5.74, 6) is 0.861. The highest BCUT2D eigenvalue weighted by Gasteiger charge is 2.24.